The molecule has 0 aliphatic heterocycles. The minimum Gasteiger partial charge on any atom is -0.375 e. The lowest BCUT2D eigenvalue weighted by Crippen LogP contribution is -2.24. The van der Waals surface area contributed by atoms with Gasteiger partial charge in [0, 0.05) is 19.9 Å². The molecule has 0 spiro atoms. The van der Waals surface area contributed by atoms with E-state index in [1.165, 1.54) is 0 Å². The molecular formula is C12H21F2N3O. The number of hydrogen-bond donors (Lipinski definition) is 1. The number of nitrogens with one attached hydrogen (secondary N) is 1. The minimum absolute atomic E-state index is 0.0591. The fraction of sp³-hybridized carbons (Fsp3) is 0.750. The molecule has 1 aromatic rings. The molecule has 1 N–H and O–H groups in total. The van der Waals surface area contributed by atoms with E-state index in [-0.39, 0.29) is 6.04 Å². The van der Waals surface area contributed by atoms with Gasteiger partial charge < -0.3 is 10.1 Å². The first-order chi connectivity index (χ1) is 8.63. The van der Waals surface area contributed by atoms with Crippen LogP contribution in [0.5, 0.6) is 0 Å². The van der Waals surface area contributed by atoms with Crippen molar-refractivity contribution in [2.24, 2.45) is 7.05 Å². The summed E-state index contributed by atoms with van der Waals surface area (Å²) in [6.45, 7) is 2.76. The van der Waals surface area contributed by atoms with Gasteiger partial charge >= 0.3 is 0 Å². The fourth-order valence-electron chi connectivity index (χ4n) is 1.67. The maximum absolute atomic E-state index is 11.9. The summed E-state index contributed by atoms with van der Waals surface area (Å²) < 4.78 is 30.5. The molecule has 4 nitrogen and oxygen atoms in total. The molecule has 1 heterocycles. The zero-order chi connectivity index (χ0) is 13.4. The number of nitrogens with zero attached hydrogens (tertiary/aromatic N) is 2. The van der Waals surface area contributed by atoms with Crippen LogP contribution < -0.4 is 5.32 Å². The van der Waals surface area contributed by atoms with Crippen LogP contribution in [0.2, 0.25) is 0 Å². The predicted octanol–water partition coefficient (Wildman–Crippen LogP) is 2.13. The molecule has 0 fully saturated rings. The van der Waals surface area contributed by atoms with Crippen LogP contribution in [0.4, 0.5) is 8.78 Å². The van der Waals surface area contributed by atoms with Gasteiger partial charge in [0.05, 0.1) is 11.7 Å². The Morgan fingerprint density at radius 2 is 2.28 bits per heavy atom. The number of halogens is 2. The van der Waals surface area contributed by atoms with Crippen molar-refractivity contribution in [3.63, 3.8) is 0 Å². The molecule has 0 aromatic carbocycles. The van der Waals surface area contributed by atoms with Crippen LogP contribution in [-0.2, 0) is 11.8 Å². The molecule has 6 heteroatoms. The lowest BCUT2D eigenvalue weighted by atomic mass is 10.1. The first kappa shape index (κ1) is 15.0. The van der Waals surface area contributed by atoms with Crippen molar-refractivity contribution >= 4 is 0 Å². The van der Waals surface area contributed by atoms with E-state index in [9.17, 15) is 8.78 Å². The zero-order valence-corrected chi connectivity index (χ0v) is 10.9. The first-order valence-corrected chi connectivity index (χ1v) is 6.22. The molecule has 0 saturated heterocycles. The van der Waals surface area contributed by atoms with Crippen LogP contribution in [0, 0.1) is 0 Å². The standard InChI is InChI=1S/C12H21F2N3O/c1-3-6-15-10(5-8-18-9-12(13)14)11-4-7-17(2)16-11/h4,7,10,12,15H,3,5-6,8-9H2,1-2H3. The number of alkyl halides is 2. The van der Waals surface area contributed by atoms with Crippen LogP contribution in [0.15, 0.2) is 12.3 Å². The van der Waals surface area contributed by atoms with Gasteiger partial charge in [0.25, 0.3) is 6.43 Å². The van der Waals surface area contributed by atoms with E-state index < -0.39 is 13.0 Å². The average molecular weight is 261 g/mol. The van der Waals surface area contributed by atoms with Crippen molar-refractivity contribution in [2.75, 3.05) is 19.8 Å². The highest BCUT2D eigenvalue weighted by Crippen LogP contribution is 2.14. The molecule has 18 heavy (non-hydrogen) atoms. The van der Waals surface area contributed by atoms with Crippen molar-refractivity contribution in [2.45, 2.75) is 32.2 Å². The van der Waals surface area contributed by atoms with Gasteiger partial charge in [0.2, 0.25) is 0 Å². The molecule has 0 aliphatic carbocycles. The molecule has 0 saturated carbocycles. The Kier molecular flexibility index (Phi) is 6.82. The van der Waals surface area contributed by atoms with Crippen LogP contribution in [0.3, 0.4) is 0 Å². The van der Waals surface area contributed by atoms with E-state index in [4.69, 9.17) is 4.74 Å². The molecule has 0 amide bonds. The first-order valence-electron chi connectivity index (χ1n) is 6.22. The third kappa shape index (κ3) is 5.55. The Morgan fingerprint density at radius 1 is 1.50 bits per heavy atom. The normalized spacial score (nSPS) is 13.2. The molecule has 1 aromatic heterocycles. The van der Waals surface area contributed by atoms with Crippen molar-refractivity contribution in [1.29, 1.82) is 0 Å². The van der Waals surface area contributed by atoms with E-state index >= 15 is 0 Å². The number of hydrogen-bond acceptors (Lipinski definition) is 3. The Hall–Kier alpha value is -1.01. The number of aromatic nitrogens is 2. The van der Waals surface area contributed by atoms with Crippen LogP contribution in [0.25, 0.3) is 0 Å². The van der Waals surface area contributed by atoms with Crippen LogP contribution in [0.1, 0.15) is 31.5 Å². The summed E-state index contributed by atoms with van der Waals surface area (Å²) in [6.07, 6.45) is 1.13. The smallest absolute Gasteiger partial charge is 0.261 e. The summed E-state index contributed by atoms with van der Waals surface area (Å²) >= 11 is 0. The second-order valence-corrected chi connectivity index (χ2v) is 4.18. The van der Waals surface area contributed by atoms with Gasteiger partial charge in [-0.1, -0.05) is 6.92 Å². The summed E-state index contributed by atoms with van der Waals surface area (Å²) in [6, 6.07) is 1.99. The predicted molar refractivity (Wildman–Crippen MR) is 65.7 cm³/mol. The zero-order valence-electron chi connectivity index (χ0n) is 10.9. The Morgan fingerprint density at radius 3 is 2.83 bits per heavy atom. The second-order valence-electron chi connectivity index (χ2n) is 4.18. The summed E-state index contributed by atoms with van der Waals surface area (Å²) in [4.78, 5) is 0. The average Bonchev–Trinajstić information content (AvgIpc) is 2.74. The van der Waals surface area contributed by atoms with E-state index in [1.54, 1.807) is 4.68 Å². The minimum atomic E-state index is -2.40. The highest BCUT2D eigenvalue weighted by Gasteiger charge is 2.13. The van der Waals surface area contributed by atoms with Gasteiger partial charge in [-0.3, -0.25) is 4.68 Å². The van der Waals surface area contributed by atoms with Crippen molar-refractivity contribution in [3.05, 3.63) is 18.0 Å². The summed E-state index contributed by atoms with van der Waals surface area (Å²) in [5, 5.41) is 7.67. The van der Waals surface area contributed by atoms with E-state index in [0.717, 1.165) is 18.7 Å². The largest absolute Gasteiger partial charge is 0.375 e. The highest BCUT2D eigenvalue weighted by atomic mass is 19.3. The lowest BCUT2D eigenvalue weighted by Gasteiger charge is -2.16. The van der Waals surface area contributed by atoms with Crippen molar-refractivity contribution in [1.82, 2.24) is 15.1 Å². The number of ether oxygens (including phenoxy) is 1. The van der Waals surface area contributed by atoms with Crippen LogP contribution in [-0.4, -0.2) is 36.0 Å². The maximum atomic E-state index is 11.9. The highest BCUT2D eigenvalue weighted by molar-refractivity contribution is 5.05. The maximum Gasteiger partial charge on any atom is 0.261 e. The van der Waals surface area contributed by atoms with Crippen molar-refractivity contribution < 1.29 is 13.5 Å². The molecule has 104 valence electrons. The Labute approximate surface area is 106 Å². The molecule has 1 rings (SSSR count). The van der Waals surface area contributed by atoms with E-state index in [2.05, 4.69) is 17.3 Å². The van der Waals surface area contributed by atoms with E-state index in [1.807, 2.05) is 19.3 Å². The van der Waals surface area contributed by atoms with Crippen molar-refractivity contribution in [3.8, 4) is 0 Å². The fourth-order valence-corrected chi connectivity index (χ4v) is 1.67. The van der Waals surface area contributed by atoms with Gasteiger partial charge in [0.15, 0.2) is 0 Å². The quantitative estimate of drug-likeness (QED) is 0.692. The molecule has 1 atom stereocenters. The summed E-state index contributed by atoms with van der Waals surface area (Å²) in [5.41, 5.74) is 0.923. The Balaban J connectivity index is 2.40. The van der Waals surface area contributed by atoms with Gasteiger partial charge in [-0.05, 0) is 25.5 Å². The third-order valence-corrected chi connectivity index (χ3v) is 2.53. The molecule has 0 bridgehead atoms. The molecule has 0 aliphatic rings. The topological polar surface area (TPSA) is 39.1 Å². The van der Waals surface area contributed by atoms with Gasteiger partial charge in [-0.15, -0.1) is 0 Å². The van der Waals surface area contributed by atoms with Gasteiger partial charge in [-0.2, -0.15) is 5.10 Å². The second kappa shape index (κ2) is 8.16. The van der Waals surface area contributed by atoms with Crippen LogP contribution >= 0.6 is 0 Å². The van der Waals surface area contributed by atoms with E-state index in [0.29, 0.717) is 13.0 Å². The van der Waals surface area contributed by atoms with Gasteiger partial charge in [-0.25, -0.2) is 8.78 Å². The summed E-state index contributed by atoms with van der Waals surface area (Å²) in [5.74, 6) is 0. The summed E-state index contributed by atoms with van der Waals surface area (Å²) in [7, 11) is 1.85. The van der Waals surface area contributed by atoms with Gasteiger partial charge in [0.1, 0.15) is 6.61 Å². The molecule has 1 unspecified atom stereocenters. The SMILES string of the molecule is CCCNC(CCOCC(F)F)c1ccn(C)n1. The molecule has 0 radical (unpaired) electrons. The molecular weight excluding hydrogens is 240 g/mol. The lowest BCUT2D eigenvalue weighted by molar-refractivity contribution is 0.0142. The third-order valence-electron chi connectivity index (χ3n) is 2.53. The Bertz CT molecular complexity index is 331. The monoisotopic (exact) mass is 261 g/mol. The number of aryl methyl sites for hydroxylation is 1. The number of rotatable bonds is 9.